The van der Waals surface area contributed by atoms with E-state index in [1.54, 1.807) is 0 Å². The van der Waals surface area contributed by atoms with Gasteiger partial charge in [0.05, 0.1) is 0 Å². The summed E-state index contributed by atoms with van der Waals surface area (Å²) in [6, 6.07) is 4.15. The van der Waals surface area contributed by atoms with Crippen molar-refractivity contribution in [2.45, 2.75) is 20.3 Å². The molecule has 1 rings (SSSR count). The molecule has 0 heterocycles. The number of benzene rings is 1. The number of aliphatic hydroxyl groups is 1. The summed E-state index contributed by atoms with van der Waals surface area (Å²) in [4.78, 5) is 0. The van der Waals surface area contributed by atoms with E-state index in [0.29, 0.717) is 0 Å². The summed E-state index contributed by atoms with van der Waals surface area (Å²) in [7, 11) is 0. The van der Waals surface area contributed by atoms with Crippen molar-refractivity contribution >= 4 is 15.9 Å². The molecule has 0 fully saturated rings. The van der Waals surface area contributed by atoms with Crippen molar-refractivity contribution in [1.29, 1.82) is 0 Å². The molecule has 1 N–H and O–H groups in total. The average Bonchev–Trinajstić information content (AvgIpc) is 2.07. The maximum atomic E-state index is 8.79. The molecule has 0 aliphatic rings. The Morgan fingerprint density at radius 1 is 1.33 bits per heavy atom. The predicted octanol–water partition coefficient (Wildman–Crippen LogP) is 2.60. The first-order valence-corrected chi connectivity index (χ1v) is 4.81. The van der Waals surface area contributed by atoms with Crippen LogP contribution < -0.4 is 0 Å². The standard InChI is InChI=1S/C10H13BrO/c1-7-3-4-9(5-6-12)8(2)10(7)11/h3-4,12H,5-6H2,1-2H3. The van der Waals surface area contributed by atoms with Gasteiger partial charge in [-0.1, -0.05) is 28.1 Å². The van der Waals surface area contributed by atoms with Gasteiger partial charge >= 0.3 is 0 Å². The monoisotopic (exact) mass is 228 g/mol. The number of hydrogen-bond acceptors (Lipinski definition) is 1. The van der Waals surface area contributed by atoms with Gasteiger partial charge in [-0.15, -0.1) is 0 Å². The molecule has 1 aromatic carbocycles. The Labute approximate surface area is 81.6 Å². The lowest BCUT2D eigenvalue weighted by atomic mass is 10.0. The summed E-state index contributed by atoms with van der Waals surface area (Å²) in [5, 5.41) is 8.79. The second kappa shape index (κ2) is 4.06. The number of hydrogen-bond donors (Lipinski definition) is 1. The van der Waals surface area contributed by atoms with Gasteiger partial charge < -0.3 is 5.11 Å². The minimum Gasteiger partial charge on any atom is -0.396 e. The van der Waals surface area contributed by atoms with Gasteiger partial charge in [-0.3, -0.25) is 0 Å². The molecule has 0 aliphatic heterocycles. The molecule has 1 aromatic rings. The Hall–Kier alpha value is -0.340. The van der Waals surface area contributed by atoms with Gasteiger partial charge in [-0.2, -0.15) is 0 Å². The number of halogens is 1. The van der Waals surface area contributed by atoms with Crippen LogP contribution in [0.3, 0.4) is 0 Å². The second-order valence-corrected chi connectivity index (χ2v) is 3.75. The third kappa shape index (κ3) is 1.87. The highest BCUT2D eigenvalue weighted by Crippen LogP contribution is 2.23. The smallest absolute Gasteiger partial charge is 0.0471 e. The van der Waals surface area contributed by atoms with Crippen LogP contribution in [0.15, 0.2) is 16.6 Å². The van der Waals surface area contributed by atoms with Crippen LogP contribution in [0.25, 0.3) is 0 Å². The molecule has 0 unspecified atom stereocenters. The van der Waals surface area contributed by atoms with Crippen LogP contribution in [0.2, 0.25) is 0 Å². The third-order valence-corrected chi connectivity index (χ3v) is 3.29. The zero-order chi connectivity index (χ0) is 9.14. The first kappa shape index (κ1) is 9.75. The van der Waals surface area contributed by atoms with E-state index in [1.807, 2.05) is 0 Å². The van der Waals surface area contributed by atoms with E-state index in [-0.39, 0.29) is 6.61 Å². The number of aryl methyl sites for hydroxylation is 1. The van der Waals surface area contributed by atoms with Crippen molar-refractivity contribution in [3.63, 3.8) is 0 Å². The van der Waals surface area contributed by atoms with E-state index in [1.165, 1.54) is 16.7 Å². The Bertz CT molecular complexity index is 281. The first-order chi connectivity index (χ1) is 5.66. The van der Waals surface area contributed by atoms with Crippen molar-refractivity contribution in [2.24, 2.45) is 0 Å². The molecule has 0 saturated carbocycles. The summed E-state index contributed by atoms with van der Waals surface area (Å²) < 4.78 is 1.16. The van der Waals surface area contributed by atoms with Gasteiger partial charge in [0.15, 0.2) is 0 Å². The molecule has 0 saturated heterocycles. The van der Waals surface area contributed by atoms with Crippen LogP contribution in [0.5, 0.6) is 0 Å². The maximum absolute atomic E-state index is 8.79. The van der Waals surface area contributed by atoms with Crippen molar-refractivity contribution in [1.82, 2.24) is 0 Å². The average molecular weight is 229 g/mol. The van der Waals surface area contributed by atoms with Crippen molar-refractivity contribution in [3.05, 3.63) is 33.3 Å². The molecule has 0 radical (unpaired) electrons. The fourth-order valence-corrected chi connectivity index (χ4v) is 1.64. The molecule has 2 heteroatoms. The van der Waals surface area contributed by atoms with Crippen LogP contribution in [0.4, 0.5) is 0 Å². The van der Waals surface area contributed by atoms with Crippen LogP contribution in [-0.4, -0.2) is 11.7 Å². The summed E-state index contributed by atoms with van der Waals surface area (Å²) in [6.45, 7) is 4.36. The number of rotatable bonds is 2. The second-order valence-electron chi connectivity index (χ2n) is 2.95. The largest absolute Gasteiger partial charge is 0.396 e. The van der Waals surface area contributed by atoms with Gasteiger partial charge in [-0.05, 0) is 37.0 Å². The summed E-state index contributed by atoms with van der Waals surface area (Å²) in [5.41, 5.74) is 3.70. The van der Waals surface area contributed by atoms with Crippen LogP contribution in [0, 0.1) is 13.8 Å². The lowest BCUT2D eigenvalue weighted by Crippen LogP contribution is -1.95. The molecule has 0 aromatic heterocycles. The molecule has 0 amide bonds. The fraction of sp³-hybridized carbons (Fsp3) is 0.400. The van der Waals surface area contributed by atoms with E-state index in [9.17, 15) is 0 Å². The highest BCUT2D eigenvalue weighted by Gasteiger charge is 2.03. The van der Waals surface area contributed by atoms with E-state index in [0.717, 1.165) is 10.9 Å². The van der Waals surface area contributed by atoms with Crippen molar-refractivity contribution in [2.75, 3.05) is 6.61 Å². The zero-order valence-electron chi connectivity index (χ0n) is 7.39. The van der Waals surface area contributed by atoms with E-state index < -0.39 is 0 Å². The van der Waals surface area contributed by atoms with Gasteiger partial charge in [0, 0.05) is 11.1 Å². The molecular formula is C10H13BrO. The Morgan fingerprint density at radius 2 is 2.00 bits per heavy atom. The Balaban J connectivity index is 3.08. The highest BCUT2D eigenvalue weighted by molar-refractivity contribution is 9.10. The summed E-state index contributed by atoms with van der Waals surface area (Å²) >= 11 is 3.52. The van der Waals surface area contributed by atoms with Crippen molar-refractivity contribution in [3.8, 4) is 0 Å². The minimum atomic E-state index is 0.219. The van der Waals surface area contributed by atoms with Gasteiger partial charge in [-0.25, -0.2) is 0 Å². The SMILES string of the molecule is Cc1ccc(CCO)c(C)c1Br. The number of aliphatic hydroxyl groups excluding tert-OH is 1. The molecule has 1 nitrogen and oxygen atoms in total. The maximum Gasteiger partial charge on any atom is 0.0471 e. The molecule has 0 aliphatic carbocycles. The molecule has 0 atom stereocenters. The van der Waals surface area contributed by atoms with Gasteiger partial charge in [0.25, 0.3) is 0 Å². The van der Waals surface area contributed by atoms with Gasteiger partial charge in [0.1, 0.15) is 0 Å². The van der Waals surface area contributed by atoms with Gasteiger partial charge in [0.2, 0.25) is 0 Å². The van der Waals surface area contributed by atoms with Crippen LogP contribution >= 0.6 is 15.9 Å². The highest BCUT2D eigenvalue weighted by atomic mass is 79.9. The van der Waals surface area contributed by atoms with Crippen molar-refractivity contribution < 1.29 is 5.11 Å². The zero-order valence-corrected chi connectivity index (χ0v) is 8.98. The van der Waals surface area contributed by atoms with E-state index in [2.05, 4.69) is 41.9 Å². The van der Waals surface area contributed by atoms with Crippen LogP contribution in [0.1, 0.15) is 16.7 Å². The predicted molar refractivity (Wildman–Crippen MR) is 54.4 cm³/mol. The molecular weight excluding hydrogens is 216 g/mol. The fourth-order valence-electron chi connectivity index (χ4n) is 1.25. The first-order valence-electron chi connectivity index (χ1n) is 4.02. The molecule has 0 spiro atoms. The third-order valence-electron chi connectivity index (χ3n) is 2.07. The summed E-state index contributed by atoms with van der Waals surface area (Å²) in [6.07, 6.45) is 0.741. The van der Waals surface area contributed by atoms with Crippen LogP contribution in [-0.2, 0) is 6.42 Å². The molecule has 66 valence electrons. The van der Waals surface area contributed by atoms with E-state index >= 15 is 0 Å². The summed E-state index contributed by atoms with van der Waals surface area (Å²) in [5.74, 6) is 0. The minimum absolute atomic E-state index is 0.219. The lowest BCUT2D eigenvalue weighted by molar-refractivity contribution is 0.299. The quantitative estimate of drug-likeness (QED) is 0.826. The molecule has 12 heavy (non-hydrogen) atoms. The topological polar surface area (TPSA) is 20.2 Å². The molecule has 0 bridgehead atoms. The normalized spacial score (nSPS) is 10.3. The lowest BCUT2D eigenvalue weighted by Gasteiger charge is -2.08. The Kier molecular flexibility index (Phi) is 3.29. The Morgan fingerprint density at radius 3 is 2.58 bits per heavy atom. The van der Waals surface area contributed by atoms with E-state index in [4.69, 9.17) is 5.11 Å².